The van der Waals surface area contributed by atoms with Gasteiger partial charge in [-0.1, -0.05) is 23.4 Å². The van der Waals surface area contributed by atoms with Gasteiger partial charge < -0.3 is 13.6 Å². The van der Waals surface area contributed by atoms with E-state index in [0.29, 0.717) is 45.0 Å². The van der Waals surface area contributed by atoms with E-state index in [4.69, 9.17) is 25.2 Å². The average molecular weight is 433 g/mol. The van der Waals surface area contributed by atoms with Crippen molar-refractivity contribution in [3.8, 4) is 17.2 Å². The number of benzene rings is 2. The minimum absolute atomic E-state index is 0.144. The summed E-state index contributed by atoms with van der Waals surface area (Å²) < 4.78 is 29.8. The predicted molar refractivity (Wildman–Crippen MR) is 104 cm³/mol. The molecule has 0 spiro atoms. The van der Waals surface area contributed by atoms with Crippen LogP contribution in [0.4, 0.5) is 4.39 Å². The number of ether oxygens (including phenoxy) is 1. The third-order valence-corrected chi connectivity index (χ3v) is 4.85. The van der Waals surface area contributed by atoms with Crippen molar-refractivity contribution in [2.24, 2.45) is 0 Å². The Balaban J connectivity index is 1.32. The van der Waals surface area contributed by atoms with E-state index in [1.54, 1.807) is 24.3 Å². The van der Waals surface area contributed by atoms with Gasteiger partial charge >= 0.3 is 0 Å². The summed E-state index contributed by atoms with van der Waals surface area (Å²) in [7, 11) is 0. The monoisotopic (exact) mass is 432 g/mol. The van der Waals surface area contributed by atoms with Gasteiger partial charge in [-0.2, -0.15) is 0 Å². The second-order valence-corrected chi connectivity index (χ2v) is 7.32. The first-order valence-electron chi connectivity index (χ1n) is 8.49. The second kappa shape index (κ2) is 8.62. The van der Waals surface area contributed by atoms with Crippen LogP contribution in [0.2, 0.25) is 5.02 Å². The smallest absolute Gasteiger partial charge is 0.277 e. The highest BCUT2D eigenvalue weighted by molar-refractivity contribution is 7.98. The van der Waals surface area contributed by atoms with E-state index in [9.17, 15) is 4.39 Å². The lowest BCUT2D eigenvalue weighted by Gasteiger charge is -2.06. The molecule has 0 radical (unpaired) electrons. The first-order valence-corrected chi connectivity index (χ1v) is 9.85. The molecular weight excluding hydrogens is 419 g/mol. The molecule has 0 aliphatic rings. The summed E-state index contributed by atoms with van der Waals surface area (Å²) in [6.07, 6.45) is 0. The molecule has 0 unspecified atom stereocenters. The van der Waals surface area contributed by atoms with Crippen molar-refractivity contribution in [2.75, 3.05) is 0 Å². The van der Waals surface area contributed by atoms with Crippen LogP contribution in [0.1, 0.15) is 17.3 Å². The molecule has 2 aromatic carbocycles. The maximum absolute atomic E-state index is 13.0. The van der Waals surface area contributed by atoms with Crippen LogP contribution in [0.5, 0.6) is 5.75 Å². The molecule has 4 aromatic rings. The number of aromatic nitrogens is 4. The third-order valence-electron chi connectivity index (χ3n) is 3.81. The lowest BCUT2D eigenvalue weighted by atomic mass is 10.2. The van der Waals surface area contributed by atoms with E-state index >= 15 is 0 Å². The highest BCUT2D eigenvalue weighted by Gasteiger charge is 2.13. The van der Waals surface area contributed by atoms with Gasteiger partial charge in [0, 0.05) is 10.6 Å². The molecule has 0 N–H and O–H groups in total. The first kappa shape index (κ1) is 19.4. The molecule has 2 heterocycles. The Morgan fingerprint density at radius 3 is 2.59 bits per heavy atom. The van der Waals surface area contributed by atoms with Crippen LogP contribution < -0.4 is 4.74 Å². The molecule has 29 heavy (non-hydrogen) atoms. The van der Waals surface area contributed by atoms with Crippen LogP contribution >= 0.6 is 23.4 Å². The van der Waals surface area contributed by atoms with Crippen LogP contribution in [0.25, 0.3) is 11.5 Å². The van der Waals surface area contributed by atoms with Crippen molar-refractivity contribution in [3.05, 3.63) is 70.6 Å². The molecule has 148 valence electrons. The molecule has 7 nitrogen and oxygen atoms in total. The molecule has 2 aromatic heterocycles. The summed E-state index contributed by atoms with van der Waals surface area (Å²) >= 11 is 7.20. The summed E-state index contributed by atoms with van der Waals surface area (Å²) in [5.41, 5.74) is 1.56. The first-order chi connectivity index (χ1) is 14.1. The molecule has 0 saturated carbocycles. The molecule has 0 aliphatic carbocycles. The molecule has 0 bridgehead atoms. The Morgan fingerprint density at radius 1 is 1.00 bits per heavy atom. The van der Waals surface area contributed by atoms with Crippen molar-refractivity contribution in [3.63, 3.8) is 0 Å². The maximum Gasteiger partial charge on any atom is 0.277 e. The zero-order valence-electron chi connectivity index (χ0n) is 15.1. The van der Waals surface area contributed by atoms with Crippen LogP contribution in [0.15, 0.2) is 56.5 Å². The van der Waals surface area contributed by atoms with E-state index < -0.39 is 0 Å². The Kier molecular flexibility index (Phi) is 5.77. The molecule has 0 amide bonds. The normalized spacial score (nSPS) is 11.0. The maximum atomic E-state index is 13.0. The van der Waals surface area contributed by atoms with E-state index in [-0.39, 0.29) is 12.4 Å². The van der Waals surface area contributed by atoms with Crippen LogP contribution in [-0.2, 0) is 12.4 Å². The van der Waals surface area contributed by atoms with Gasteiger partial charge in [0.2, 0.25) is 11.8 Å². The molecular formula is C19H14ClFN4O3S. The van der Waals surface area contributed by atoms with Gasteiger partial charge in [0.1, 0.15) is 11.6 Å². The van der Waals surface area contributed by atoms with Crippen molar-refractivity contribution in [1.82, 2.24) is 20.4 Å². The Labute approximate surface area is 174 Å². The van der Waals surface area contributed by atoms with Gasteiger partial charge in [-0.3, -0.25) is 0 Å². The zero-order chi connectivity index (χ0) is 20.2. The quantitative estimate of drug-likeness (QED) is 0.373. The fourth-order valence-electron chi connectivity index (χ4n) is 2.41. The van der Waals surface area contributed by atoms with Crippen molar-refractivity contribution >= 4 is 23.4 Å². The number of thioether (sulfide) groups is 1. The minimum Gasteiger partial charge on any atom is -0.484 e. The van der Waals surface area contributed by atoms with Gasteiger partial charge in [0.15, 0.2) is 6.61 Å². The fourth-order valence-corrected chi connectivity index (χ4v) is 3.26. The van der Waals surface area contributed by atoms with Crippen molar-refractivity contribution in [2.45, 2.75) is 24.5 Å². The highest BCUT2D eigenvalue weighted by atomic mass is 35.5. The van der Waals surface area contributed by atoms with Gasteiger partial charge in [0.25, 0.3) is 11.1 Å². The van der Waals surface area contributed by atoms with Gasteiger partial charge in [-0.25, -0.2) is 4.39 Å². The number of hydrogen-bond acceptors (Lipinski definition) is 8. The lowest BCUT2D eigenvalue weighted by molar-refractivity contribution is 0.250. The second-order valence-electron chi connectivity index (χ2n) is 5.96. The largest absolute Gasteiger partial charge is 0.484 e. The van der Waals surface area contributed by atoms with Crippen molar-refractivity contribution < 1.29 is 18.0 Å². The minimum atomic E-state index is -0.327. The van der Waals surface area contributed by atoms with Crippen LogP contribution in [-0.4, -0.2) is 20.4 Å². The number of rotatable bonds is 7. The molecule has 0 saturated heterocycles. The van der Waals surface area contributed by atoms with Crippen LogP contribution in [0, 0.1) is 12.7 Å². The third kappa shape index (κ3) is 4.93. The van der Waals surface area contributed by atoms with E-state index in [2.05, 4.69) is 20.4 Å². The number of aryl methyl sites for hydroxylation is 1. The molecule has 0 atom stereocenters. The Hall–Kier alpha value is -2.91. The predicted octanol–water partition coefficient (Wildman–Crippen LogP) is 5.09. The molecule has 4 rings (SSSR count). The van der Waals surface area contributed by atoms with Gasteiger partial charge in [-0.05, 0) is 55.0 Å². The standard InChI is InChI=1S/C19H14ClFN4O3S/c1-11-8-13(20)4-7-15(11)26-9-16-22-25-19(28-16)29-10-17-23-24-18(27-17)12-2-5-14(21)6-3-12/h2-8H,9-10H2,1H3. The Bertz CT molecular complexity index is 1120. The average Bonchev–Trinajstić information content (AvgIpc) is 3.36. The summed E-state index contributed by atoms with van der Waals surface area (Å²) in [6, 6.07) is 11.2. The lowest BCUT2D eigenvalue weighted by Crippen LogP contribution is -1.97. The molecule has 0 aliphatic heterocycles. The summed E-state index contributed by atoms with van der Waals surface area (Å²) in [5.74, 6) is 1.78. The van der Waals surface area contributed by atoms with Gasteiger partial charge in [0.05, 0.1) is 5.75 Å². The van der Waals surface area contributed by atoms with E-state index in [1.165, 1.54) is 23.9 Å². The topological polar surface area (TPSA) is 87.1 Å². The summed E-state index contributed by atoms with van der Waals surface area (Å²) in [4.78, 5) is 0. The summed E-state index contributed by atoms with van der Waals surface area (Å²) in [5, 5.41) is 16.9. The van der Waals surface area contributed by atoms with Crippen LogP contribution in [0.3, 0.4) is 0 Å². The summed E-state index contributed by atoms with van der Waals surface area (Å²) in [6.45, 7) is 2.05. The SMILES string of the molecule is Cc1cc(Cl)ccc1OCc1nnc(SCc2nnc(-c3ccc(F)cc3)o2)o1. The van der Waals surface area contributed by atoms with E-state index in [0.717, 1.165) is 5.56 Å². The zero-order valence-corrected chi connectivity index (χ0v) is 16.7. The van der Waals surface area contributed by atoms with Crippen molar-refractivity contribution in [1.29, 1.82) is 0 Å². The Morgan fingerprint density at radius 2 is 1.79 bits per heavy atom. The van der Waals surface area contributed by atoms with Gasteiger partial charge in [-0.15, -0.1) is 20.4 Å². The fraction of sp³-hybridized carbons (Fsp3) is 0.158. The number of halogens is 2. The van der Waals surface area contributed by atoms with E-state index in [1.807, 2.05) is 13.0 Å². The number of nitrogens with zero attached hydrogens (tertiary/aromatic N) is 4. The highest BCUT2D eigenvalue weighted by Crippen LogP contribution is 2.25. The number of hydrogen-bond donors (Lipinski definition) is 0. The molecule has 0 fully saturated rings. The molecule has 10 heteroatoms.